The molecule has 0 atom stereocenters. The Morgan fingerprint density at radius 2 is 2.04 bits per heavy atom. The Bertz CT molecular complexity index is 957. The smallest absolute Gasteiger partial charge is 0.269 e. The minimum absolute atomic E-state index is 0.0287. The fourth-order valence-corrected chi connectivity index (χ4v) is 4.35. The quantitative estimate of drug-likeness (QED) is 0.381. The Morgan fingerprint density at radius 1 is 1.21 bits per heavy atom. The fraction of sp³-hybridized carbons (Fsp3) is 0.111. The predicted molar refractivity (Wildman–Crippen MR) is 113 cm³/mol. The zero-order valence-electron chi connectivity index (χ0n) is 14.4. The third kappa shape index (κ3) is 4.97. The molecular formula is C18H15N3O4S3. The van der Waals surface area contributed by atoms with E-state index < -0.39 is 11.8 Å². The van der Waals surface area contributed by atoms with Crippen LogP contribution < -0.4 is 10.9 Å². The van der Waals surface area contributed by atoms with Crippen LogP contribution in [0, 0.1) is 0 Å². The summed E-state index contributed by atoms with van der Waals surface area (Å²) in [4.78, 5) is 39.2. The molecule has 3 amide bonds. The molecule has 1 aliphatic rings. The number of amides is 3. The van der Waals surface area contributed by atoms with Crippen LogP contribution in [0.2, 0.25) is 0 Å². The van der Waals surface area contributed by atoms with E-state index in [4.69, 9.17) is 12.2 Å². The van der Waals surface area contributed by atoms with Crippen LogP contribution in [0.25, 0.3) is 6.08 Å². The summed E-state index contributed by atoms with van der Waals surface area (Å²) >= 11 is 7.95. The number of nitrogens with one attached hydrogen (secondary N) is 2. The van der Waals surface area contributed by atoms with Crippen molar-refractivity contribution >= 4 is 63.4 Å². The molecule has 10 heteroatoms. The Hall–Kier alpha value is -2.69. The Kier molecular flexibility index (Phi) is 6.45. The van der Waals surface area contributed by atoms with Gasteiger partial charge in [0.1, 0.15) is 10.1 Å². The van der Waals surface area contributed by atoms with Crippen LogP contribution in [0.5, 0.6) is 5.75 Å². The van der Waals surface area contributed by atoms with E-state index in [1.165, 1.54) is 52.3 Å². The predicted octanol–water partition coefficient (Wildman–Crippen LogP) is 2.51. The molecule has 1 aliphatic heterocycles. The molecular weight excluding hydrogens is 418 g/mol. The maximum Gasteiger partial charge on any atom is 0.269 e. The molecule has 3 rings (SSSR count). The normalized spacial score (nSPS) is 15.1. The Balaban J connectivity index is 1.49. The number of hydrogen-bond acceptors (Lipinski definition) is 7. The molecule has 0 bridgehead atoms. The lowest BCUT2D eigenvalue weighted by Crippen LogP contribution is -2.43. The minimum Gasteiger partial charge on any atom is -0.508 e. The molecule has 0 unspecified atom stereocenters. The number of thiophene rings is 1. The van der Waals surface area contributed by atoms with E-state index in [9.17, 15) is 19.5 Å². The minimum atomic E-state index is -0.561. The van der Waals surface area contributed by atoms with Gasteiger partial charge >= 0.3 is 0 Å². The summed E-state index contributed by atoms with van der Waals surface area (Å²) < 4.78 is 0.393. The molecule has 144 valence electrons. The maximum absolute atomic E-state index is 12.5. The van der Waals surface area contributed by atoms with Crippen molar-refractivity contribution in [2.24, 2.45) is 0 Å². The van der Waals surface area contributed by atoms with Crippen molar-refractivity contribution in [2.75, 3.05) is 6.54 Å². The highest BCUT2D eigenvalue weighted by atomic mass is 32.2. The number of carbonyl (C=O) groups is 3. The monoisotopic (exact) mass is 433 g/mol. The molecule has 1 fully saturated rings. The van der Waals surface area contributed by atoms with Crippen molar-refractivity contribution in [3.8, 4) is 5.75 Å². The molecule has 3 N–H and O–H groups in total. The van der Waals surface area contributed by atoms with Gasteiger partial charge in [0.05, 0.1) is 4.91 Å². The van der Waals surface area contributed by atoms with Gasteiger partial charge in [0, 0.05) is 23.4 Å². The van der Waals surface area contributed by atoms with Crippen LogP contribution in [0.4, 0.5) is 0 Å². The Morgan fingerprint density at radius 3 is 2.75 bits per heavy atom. The summed E-state index contributed by atoms with van der Waals surface area (Å²) in [5.41, 5.74) is 4.75. The van der Waals surface area contributed by atoms with E-state index >= 15 is 0 Å². The SMILES string of the molecule is O=C(CCN1C(=O)C(=Cc2cccs2)SC1=S)NNC(=O)c1cccc(O)c1. The van der Waals surface area contributed by atoms with Gasteiger partial charge in [0.2, 0.25) is 5.91 Å². The van der Waals surface area contributed by atoms with Gasteiger partial charge in [0.15, 0.2) is 0 Å². The number of aromatic hydroxyl groups is 1. The summed E-state index contributed by atoms with van der Waals surface area (Å²) in [6, 6.07) is 9.53. The first kappa shape index (κ1) is 20.1. The number of phenols is 1. The lowest BCUT2D eigenvalue weighted by atomic mass is 10.2. The second-order valence-electron chi connectivity index (χ2n) is 5.65. The van der Waals surface area contributed by atoms with Crippen molar-refractivity contribution in [1.82, 2.24) is 15.8 Å². The van der Waals surface area contributed by atoms with Gasteiger partial charge in [-0.2, -0.15) is 0 Å². The summed E-state index contributed by atoms with van der Waals surface area (Å²) in [6.45, 7) is 0.111. The number of thioether (sulfide) groups is 1. The maximum atomic E-state index is 12.5. The molecule has 1 aromatic heterocycles. The van der Waals surface area contributed by atoms with E-state index in [1.807, 2.05) is 17.5 Å². The second-order valence-corrected chi connectivity index (χ2v) is 8.31. The lowest BCUT2D eigenvalue weighted by molar-refractivity contribution is -0.124. The highest BCUT2D eigenvalue weighted by Crippen LogP contribution is 2.33. The molecule has 2 aromatic rings. The molecule has 0 radical (unpaired) electrons. The number of nitrogens with zero attached hydrogens (tertiary/aromatic N) is 1. The molecule has 2 heterocycles. The van der Waals surface area contributed by atoms with Gasteiger partial charge in [-0.25, -0.2) is 0 Å². The molecule has 0 spiro atoms. The number of thiocarbonyl (C=S) groups is 1. The average Bonchev–Trinajstić information content (AvgIpc) is 3.27. The molecule has 0 aliphatic carbocycles. The van der Waals surface area contributed by atoms with E-state index in [2.05, 4.69) is 10.9 Å². The van der Waals surface area contributed by atoms with Gasteiger partial charge in [-0.1, -0.05) is 36.1 Å². The first-order valence-corrected chi connectivity index (χ1v) is 10.2. The average molecular weight is 434 g/mol. The Labute approximate surface area is 174 Å². The molecule has 0 saturated carbocycles. The zero-order chi connectivity index (χ0) is 20.1. The second kappa shape index (κ2) is 9.00. The summed E-state index contributed by atoms with van der Waals surface area (Å²) in [7, 11) is 0. The molecule has 1 aromatic carbocycles. The van der Waals surface area contributed by atoms with Gasteiger partial charge in [-0.3, -0.25) is 30.1 Å². The van der Waals surface area contributed by atoms with Crippen LogP contribution in [-0.4, -0.2) is 38.6 Å². The third-order valence-corrected chi connectivity index (χ3v) is 5.87. The summed E-state index contributed by atoms with van der Waals surface area (Å²) in [6.07, 6.45) is 1.75. The van der Waals surface area contributed by atoms with E-state index in [1.54, 1.807) is 6.08 Å². The number of rotatable bonds is 5. The van der Waals surface area contributed by atoms with Gasteiger partial charge in [0.25, 0.3) is 11.8 Å². The number of hydrogen-bond donors (Lipinski definition) is 3. The first-order valence-electron chi connectivity index (χ1n) is 8.11. The van der Waals surface area contributed by atoms with Crippen molar-refractivity contribution in [3.05, 3.63) is 57.1 Å². The molecule has 1 saturated heterocycles. The van der Waals surface area contributed by atoms with E-state index in [0.29, 0.717) is 9.23 Å². The fourth-order valence-electron chi connectivity index (χ4n) is 2.32. The van der Waals surface area contributed by atoms with Crippen LogP contribution in [0.1, 0.15) is 21.7 Å². The van der Waals surface area contributed by atoms with E-state index in [0.717, 1.165) is 4.88 Å². The molecule has 7 nitrogen and oxygen atoms in total. The third-order valence-electron chi connectivity index (χ3n) is 3.68. The number of phenolic OH excluding ortho intramolecular Hbond substituents is 1. The van der Waals surface area contributed by atoms with Crippen molar-refractivity contribution in [1.29, 1.82) is 0 Å². The topological polar surface area (TPSA) is 98.7 Å². The first-order chi connectivity index (χ1) is 13.4. The van der Waals surface area contributed by atoms with Crippen LogP contribution in [0.15, 0.2) is 46.7 Å². The zero-order valence-corrected chi connectivity index (χ0v) is 16.8. The summed E-state index contributed by atoms with van der Waals surface area (Å²) in [5, 5.41) is 11.3. The highest BCUT2D eigenvalue weighted by molar-refractivity contribution is 8.26. The van der Waals surface area contributed by atoms with Crippen molar-refractivity contribution in [2.45, 2.75) is 6.42 Å². The lowest BCUT2D eigenvalue weighted by Gasteiger charge is -2.14. The van der Waals surface area contributed by atoms with Gasteiger partial charge in [-0.05, 0) is 35.7 Å². The van der Waals surface area contributed by atoms with Crippen LogP contribution in [0.3, 0.4) is 0 Å². The standard InChI is InChI=1S/C18H15N3O4S3/c22-12-4-1-3-11(9-12)16(24)20-19-15(23)6-7-21-17(25)14(28-18(21)26)10-13-5-2-8-27-13/h1-5,8-10,22H,6-7H2,(H,19,23)(H,20,24). The van der Waals surface area contributed by atoms with Crippen molar-refractivity contribution in [3.63, 3.8) is 0 Å². The number of carbonyl (C=O) groups excluding carboxylic acids is 3. The van der Waals surface area contributed by atoms with Gasteiger partial charge in [-0.15, -0.1) is 11.3 Å². The summed E-state index contributed by atoms with van der Waals surface area (Å²) in [5.74, 6) is -1.32. The largest absolute Gasteiger partial charge is 0.508 e. The number of hydrazine groups is 1. The van der Waals surface area contributed by atoms with E-state index in [-0.39, 0.29) is 30.2 Å². The van der Waals surface area contributed by atoms with Crippen LogP contribution in [-0.2, 0) is 9.59 Å². The van der Waals surface area contributed by atoms with Crippen molar-refractivity contribution < 1.29 is 19.5 Å². The highest BCUT2D eigenvalue weighted by Gasteiger charge is 2.32. The molecule has 28 heavy (non-hydrogen) atoms. The van der Waals surface area contributed by atoms with Gasteiger partial charge < -0.3 is 5.11 Å². The van der Waals surface area contributed by atoms with Crippen LogP contribution >= 0.6 is 35.3 Å². The number of benzene rings is 1.